The molecule has 0 aliphatic rings. The zero-order valence-corrected chi connectivity index (χ0v) is 18.7. The van der Waals surface area contributed by atoms with Crippen LogP contribution in [0.2, 0.25) is 5.02 Å². The number of nitrogens with one attached hydrogen (secondary N) is 1. The van der Waals surface area contributed by atoms with Gasteiger partial charge in [0, 0.05) is 17.0 Å². The fraction of sp³-hybridized carbons (Fsp3) is 0.0800. The van der Waals surface area contributed by atoms with E-state index in [9.17, 15) is 19.5 Å². The minimum Gasteiger partial charge on any atom is -0.497 e. The third-order valence-electron chi connectivity index (χ3n) is 5.73. The standard InChI is InChI=1S/C25H18ClN3O5/c1-34-16-9-6-14(7-10-16)13-28-20-11-8-15(26)12-18(20)21(22(28)24(31)32)29-23(30)17-4-2-3-5-19(17)27-25(29)33/h2-12H,13H2,1H3,(H,27,33)(H,31,32). The highest BCUT2D eigenvalue weighted by atomic mass is 35.5. The van der Waals surface area contributed by atoms with Crippen molar-refractivity contribution in [3.8, 4) is 11.4 Å². The maximum absolute atomic E-state index is 13.4. The Morgan fingerprint density at radius 3 is 2.47 bits per heavy atom. The number of methoxy groups -OCH3 is 1. The van der Waals surface area contributed by atoms with Crippen molar-refractivity contribution in [3.05, 3.63) is 104 Å². The molecule has 0 amide bonds. The molecule has 3 aromatic carbocycles. The van der Waals surface area contributed by atoms with Crippen molar-refractivity contribution in [1.82, 2.24) is 14.1 Å². The molecule has 170 valence electrons. The first-order valence-electron chi connectivity index (χ1n) is 10.3. The van der Waals surface area contributed by atoms with E-state index in [1.54, 1.807) is 66.3 Å². The first-order chi connectivity index (χ1) is 16.4. The Morgan fingerprint density at radius 2 is 1.76 bits per heavy atom. The summed E-state index contributed by atoms with van der Waals surface area (Å²) in [5, 5.41) is 11.2. The van der Waals surface area contributed by atoms with Gasteiger partial charge in [-0.1, -0.05) is 35.9 Å². The molecular formula is C25H18ClN3O5. The van der Waals surface area contributed by atoms with Gasteiger partial charge in [-0.15, -0.1) is 0 Å². The minimum absolute atomic E-state index is 0.0319. The van der Waals surface area contributed by atoms with Crippen molar-refractivity contribution in [2.75, 3.05) is 7.11 Å². The molecule has 9 heteroatoms. The van der Waals surface area contributed by atoms with Crippen LogP contribution in [0.5, 0.6) is 5.75 Å². The molecular weight excluding hydrogens is 458 g/mol. The van der Waals surface area contributed by atoms with E-state index in [-0.39, 0.29) is 23.3 Å². The highest BCUT2D eigenvalue weighted by Crippen LogP contribution is 2.32. The molecule has 0 unspecified atom stereocenters. The number of hydrogen-bond acceptors (Lipinski definition) is 4. The monoisotopic (exact) mass is 475 g/mol. The molecule has 0 atom stereocenters. The maximum Gasteiger partial charge on any atom is 0.354 e. The molecule has 2 N–H and O–H groups in total. The lowest BCUT2D eigenvalue weighted by Crippen LogP contribution is -2.34. The fourth-order valence-corrected chi connectivity index (χ4v) is 4.37. The van der Waals surface area contributed by atoms with E-state index in [1.165, 1.54) is 0 Å². The molecule has 0 aliphatic heterocycles. The van der Waals surface area contributed by atoms with Crippen molar-refractivity contribution >= 4 is 39.4 Å². The number of para-hydroxylation sites is 1. The number of carboxylic acids is 1. The lowest BCUT2D eigenvalue weighted by atomic mass is 10.2. The highest BCUT2D eigenvalue weighted by Gasteiger charge is 2.27. The van der Waals surface area contributed by atoms with Gasteiger partial charge in [-0.3, -0.25) is 4.79 Å². The lowest BCUT2D eigenvalue weighted by molar-refractivity contribution is 0.0686. The molecule has 34 heavy (non-hydrogen) atoms. The van der Waals surface area contributed by atoms with E-state index in [0.717, 1.165) is 10.1 Å². The Hall–Kier alpha value is -4.30. The molecule has 0 aliphatic carbocycles. The van der Waals surface area contributed by atoms with Crippen LogP contribution in [0.1, 0.15) is 16.1 Å². The van der Waals surface area contributed by atoms with Gasteiger partial charge in [0.15, 0.2) is 5.69 Å². The Morgan fingerprint density at radius 1 is 1.03 bits per heavy atom. The van der Waals surface area contributed by atoms with E-state index >= 15 is 0 Å². The smallest absolute Gasteiger partial charge is 0.354 e. The number of fused-ring (bicyclic) bond motifs is 2. The fourth-order valence-electron chi connectivity index (χ4n) is 4.20. The first-order valence-corrected chi connectivity index (χ1v) is 10.7. The molecule has 0 fully saturated rings. The average Bonchev–Trinajstić information content (AvgIpc) is 3.12. The zero-order valence-electron chi connectivity index (χ0n) is 17.9. The average molecular weight is 476 g/mol. The van der Waals surface area contributed by atoms with E-state index in [0.29, 0.717) is 27.2 Å². The summed E-state index contributed by atoms with van der Waals surface area (Å²) in [4.78, 5) is 41.7. The molecule has 0 saturated heterocycles. The molecule has 2 heterocycles. The predicted molar refractivity (Wildman–Crippen MR) is 130 cm³/mol. The number of carbonyl (C=O) groups is 1. The van der Waals surface area contributed by atoms with Crippen LogP contribution < -0.4 is 16.0 Å². The van der Waals surface area contributed by atoms with Gasteiger partial charge in [0.1, 0.15) is 5.75 Å². The van der Waals surface area contributed by atoms with Crippen molar-refractivity contribution in [2.24, 2.45) is 0 Å². The van der Waals surface area contributed by atoms with E-state index in [2.05, 4.69) is 4.98 Å². The molecule has 0 radical (unpaired) electrons. The zero-order chi connectivity index (χ0) is 24.0. The third-order valence-corrected chi connectivity index (χ3v) is 5.97. The number of aromatic amines is 1. The molecule has 5 aromatic rings. The third kappa shape index (κ3) is 3.45. The summed E-state index contributed by atoms with van der Waals surface area (Å²) in [5.74, 6) is -0.614. The Balaban J connectivity index is 1.86. The topological polar surface area (TPSA) is 106 Å². The SMILES string of the molecule is COc1ccc(Cn2c(C(=O)O)c(-n3c(=O)[nH]c4ccccc4c3=O)c3cc(Cl)ccc32)cc1. The Labute approximate surface area is 197 Å². The summed E-state index contributed by atoms with van der Waals surface area (Å²) in [6.07, 6.45) is 0. The summed E-state index contributed by atoms with van der Waals surface area (Å²) in [7, 11) is 1.56. The highest BCUT2D eigenvalue weighted by molar-refractivity contribution is 6.31. The van der Waals surface area contributed by atoms with Gasteiger partial charge in [-0.25, -0.2) is 14.2 Å². The second-order valence-corrected chi connectivity index (χ2v) is 8.15. The number of aromatic nitrogens is 3. The van der Waals surface area contributed by atoms with Crippen LogP contribution >= 0.6 is 11.6 Å². The van der Waals surface area contributed by atoms with Crippen molar-refractivity contribution in [3.63, 3.8) is 0 Å². The number of rotatable bonds is 5. The van der Waals surface area contributed by atoms with Crippen LogP contribution in [0, 0.1) is 0 Å². The second-order valence-electron chi connectivity index (χ2n) is 7.71. The predicted octanol–water partition coefficient (Wildman–Crippen LogP) is 4.04. The molecule has 2 aromatic heterocycles. The number of halogens is 1. The Bertz CT molecular complexity index is 1700. The summed E-state index contributed by atoms with van der Waals surface area (Å²) in [6.45, 7) is 0.185. The molecule has 8 nitrogen and oxygen atoms in total. The van der Waals surface area contributed by atoms with Crippen molar-refractivity contribution in [2.45, 2.75) is 6.54 Å². The number of H-pyrrole nitrogens is 1. The van der Waals surface area contributed by atoms with Crippen LogP contribution in [-0.2, 0) is 6.54 Å². The van der Waals surface area contributed by atoms with Gasteiger partial charge in [-0.2, -0.15) is 0 Å². The van der Waals surface area contributed by atoms with E-state index in [1.807, 2.05) is 12.1 Å². The summed E-state index contributed by atoms with van der Waals surface area (Å²) in [5.41, 5.74) is 0.102. The molecule has 0 saturated carbocycles. The largest absolute Gasteiger partial charge is 0.497 e. The van der Waals surface area contributed by atoms with Gasteiger partial charge in [0.2, 0.25) is 0 Å². The number of ether oxygens (including phenoxy) is 1. The van der Waals surface area contributed by atoms with Crippen LogP contribution in [-0.4, -0.2) is 32.3 Å². The van der Waals surface area contributed by atoms with Crippen LogP contribution in [0.3, 0.4) is 0 Å². The molecule has 0 spiro atoms. The van der Waals surface area contributed by atoms with Gasteiger partial charge in [-0.05, 0) is 48.0 Å². The summed E-state index contributed by atoms with van der Waals surface area (Å²) in [6, 6.07) is 18.6. The van der Waals surface area contributed by atoms with E-state index in [4.69, 9.17) is 16.3 Å². The Kier molecular flexibility index (Phi) is 5.22. The van der Waals surface area contributed by atoms with Gasteiger partial charge >= 0.3 is 11.7 Å². The quantitative estimate of drug-likeness (QED) is 0.399. The van der Waals surface area contributed by atoms with Crippen LogP contribution in [0.4, 0.5) is 0 Å². The minimum atomic E-state index is -1.28. The number of hydrogen-bond donors (Lipinski definition) is 2. The first kappa shape index (κ1) is 21.5. The van der Waals surface area contributed by atoms with Crippen LogP contribution in [0.15, 0.2) is 76.3 Å². The van der Waals surface area contributed by atoms with Crippen LogP contribution in [0.25, 0.3) is 27.5 Å². The number of benzene rings is 3. The summed E-state index contributed by atoms with van der Waals surface area (Å²) >= 11 is 6.24. The van der Waals surface area contributed by atoms with Crippen molar-refractivity contribution < 1.29 is 14.6 Å². The maximum atomic E-state index is 13.4. The molecule has 0 bridgehead atoms. The van der Waals surface area contributed by atoms with Gasteiger partial charge in [0.25, 0.3) is 5.56 Å². The lowest BCUT2D eigenvalue weighted by Gasteiger charge is -2.11. The number of nitrogens with zero attached hydrogens (tertiary/aromatic N) is 2. The van der Waals surface area contributed by atoms with E-state index < -0.39 is 17.2 Å². The molecule has 5 rings (SSSR count). The normalized spacial score (nSPS) is 11.2. The number of aromatic carboxylic acids is 1. The number of carboxylic acid groups (broad SMARTS) is 1. The second kappa shape index (κ2) is 8.24. The van der Waals surface area contributed by atoms with Gasteiger partial charge < -0.3 is 19.4 Å². The summed E-state index contributed by atoms with van der Waals surface area (Å²) < 4.78 is 7.63. The van der Waals surface area contributed by atoms with Crippen molar-refractivity contribution in [1.29, 1.82) is 0 Å². The van der Waals surface area contributed by atoms with Gasteiger partial charge in [0.05, 0.1) is 29.2 Å².